The minimum Gasteiger partial charge on any atom is -0.854 e. The Hall–Kier alpha value is -1.68. The number of diazo groups is 1. The SMILES string of the molecule is CCn1c([O-])c([N+]#N)c(=O)n(CC)c1=S. The van der Waals surface area contributed by atoms with Crippen molar-refractivity contribution in [3.05, 3.63) is 20.1 Å². The van der Waals surface area contributed by atoms with Crippen LogP contribution < -0.4 is 10.7 Å². The summed E-state index contributed by atoms with van der Waals surface area (Å²) in [5.74, 6) is -0.653. The monoisotopic (exact) mass is 226 g/mol. The molecule has 0 aliphatic carbocycles. The smallest absolute Gasteiger partial charge is 0.457 e. The number of rotatable bonds is 2. The third-order valence-electron chi connectivity index (χ3n) is 2.09. The highest BCUT2D eigenvalue weighted by Crippen LogP contribution is 2.18. The molecular formula is C8H10N4O2S. The number of hydrogen-bond acceptors (Lipinski definition) is 4. The Bertz CT molecular complexity index is 537. The molecule has 0 saturated carbocycles. The van der Waals surface area contributed by atoms with Crippen molar-refractivity contribution in [2.24, 2.45) is 0 Å². The normalized spacial score (nSPS) is 9.93. The average Bonchev–Trinajstić information content (AvgIpc) is 2.19. The van der Waals surface area contributed by atoms with E-state index < -0.39 is 17.1 Å². The van der Waals surface area contributed by atoms with E-state index in [-0.39, 0.29) is 4.77 Å². The Morgan fingerprint density at radius 2 is 1.93 bits per heavy atom. The molecule has 0 atom stereocenters. The van der Waals surface area contributed by atoms with Gasteiger partial charge in [0.1, 0.15) is 0 Å². The van der Waals surface area contributed by atoms with Crippen LogP contribution in [-0.4, -0.2) is 9.13 Å². The summed E-state index contributed by atoms with van der Waals surface area (Å²) in [6, 6.07) is 0. The Kier molecular flexibility index (Phi) is 3.21. The quantitative estimate of drug-likeness (QED) is 0.556. The first-order valence-corrected chi connectivity index (χ1v) is 4.89. The standard InChI is InChI=1S/C8H10N4O2S/c1-3-11-6(13)5(10-9)7(14)12(4-2)8(11)15/h3-4H2,1-2H3. The first-order valence-electron chi connectivity index (χ1n) is 4.48. The predicted octanol–water partition coefficient (Wildman–Crippen LogP) is 0.977. The Morgan fingerprint density at radius 1 is 1.40 bits per heavy atom. The van der Waals surface area contributed by atoms with Gasteiger partial charge in [0.15, 0.2) is 9.75 Å². The minimum atomic E-state index is -0.653. The Labute approximate surface area is 91.0 Å². The van der Waals surface area contributed by atoms with Gasteiger partial charge in [-0.1, -0.05) is 0 Å². The molecular weight excluding hydrogens is 216 g/mol. The van der Waals surface area contributed by atoms with Crippen molar-refractivity contribution in [1.82, 2.24) is 9.13 Å². The molecule has 0 amide bonds. The summed E-state index contributed by atoms with van der Waals surface area (Å²) in [5.41, 5.74) is -1.15. The largest absolute Gasteiger partial charge is 0.854 e. The van der Waals surface area contributed by atoms with Crippen molar-refractivity contribution in [2.75, 3.05) is 0 Å². The summed E-state index contributed by atoms with van der Waals surface area (Å²) in [6.45, 7) is 4.12. The molecule has 0 aliphatic heterocycles. The van der Waals surface area contributed by atoms with Gasteiger partial charge in [-0.3, -0.25) is 9.36 Å². The van der Waals surface area contributed by atoms with Crippen LogP contribution in [0, 0.1) is 10.2 Å². The molecule has 0 aromatic carbocycles. The van der Waals surface area contributed by atoms with Gasteiger partial charge in [0, 0.05) is 13.1 Å². The van der Waals surface area contributed by atoms with Crippen LogP contribution in [0.2, 0.25) is 0 Å². The molecule has 0 N–H and O–H groups in total. The maximum absolute atomic E-state index is 11.6. The molecule has 0 unspecified atom stereocenters. The van der Waals surface area contributed by atoms with Gasteiger partial charge < -0.3 is 9.67 Å². The van der Waals surface area contributed by atoms with E-state index in [4.69, 9.17) is 17.6 Å². The Balaban J connectivity index is 3.84. The molecule has 1 aromatic heterocycles. The van der Waals surface area contributed by atoms with E-state index in [1.165, 1.54) is 9.13 Å². The van der Waals surface area contributed by atoms with E-state index in [2.05, 4.69) is 4.98 Å². The topological polar surface area (TPSA) is 78.1 Å². The average molecular weight is 226 g/mol. The van der Waals surface area contributed by atoms with Crippen LogP contribution in [0.1, 0.15) is 13.8 Å². The zero-order valence-electron chi connectivity index (χ0n) is 8.43. The third kappa shape index (κ3) is 1.64. The molecule has 0 saturated heterocycles. The van der Waals surface area contributed by atoms with E-state index >= 15 is 0 Å². The molecule has 0 fully saturated rings. The van der Waals surface area contributed by atoms with E-state index in [1.54, 1.807) is 13.8 Å². The molecule has 80 valence electrons. The molecule has 1 aromatic rings. The molecule has 0 spiro atoms. The van der Waals surface area contributed by atoms with Crippen LogP contribution in [0.15, 0.2) is 4.79 Å². The lowest BCUT2D eigenvalue weighted by molar-refractivity contribution is -0.278. The van der Waals surface area contributed by atoms with Crippen LogP contribution >= 0.6 is 12.2 Å². The highest BCUT2D eigenvalue weighted by molar-refractivity contribution is 7.71. The summed E-state index contributed by atoms with van der Waals surface area (Å²) < 4.78 is 2.59. The van der Waals surface area contributed by atoms with Gasteiger partial charge in [0.2, 0.25) is 5.39 Å². The van der Waals surface area contributed by atoms with Crippen LogP contribution in [0.5, 0.6) is 5.88 Å². The van der Waals surface area contributed by atoms with E-state index in [0.29, 0.717) is 13.1 Å². The van der Waals surface area contributed by atoms with Crippen molar-refractivity contribution in [3.63, 3.8) is 0 Å². The number of aromatic nitrogens is 2. The van der Waals surface area contributed by atoms with E-state index in [9.17, 15) is 9.90 Å². The molecule has 1 heterocycles. The fourth-order valence-electron chi connectivity index (χ4n) is 1.31. The summed E-state index contributed by atoms with van der Waals surface area (Å²) in [5, 5.41) is 20.2. The van der Waals surface area contributed by atoms with Gasteiger partial charge in [0.25, 0.3) is 0 Å². The maximum atomic E-state index is 11.6. The van der Waals surface area contributed by atoms with E-state index in [0.717, 1.165) is 0 Å². The minimum absolute atomic E-state index is 0.155. The molecule has 0 bridgehead atoms. The highest BCUT2D eigenvalue weighted by atomic mass is 32.1. The summed E-state index contributed by atoms with van der Waals surface area (Å²) in [4.78, 5) is 14.3. The number of hydrogen-bond donors (Lipinski definition) is 0. The van der Waals surface area contributed by atoms with Gasteiger partial charge in [-0.25, -0.2) is 0 Å². The van der Waals surface area contributed by atoms with Gasteiger partial charge in [-0.05, 0) is 26.1 Å². The first-order chi connectivity index (χ1) is 7.08. The second-order valence-electron chi connectivity index (χ2n) is 2.83. The Morgan fingerprint density at radius 3 is 2.33 bits per heavy atom. The zero-order valence-corrected chi connectivity index (χ0v) is 9.24. The van der Waals surface area contributed by atoms with Crippen LogP contribution in [0.25, 0.3) is 4.98 Å². The maximum Gasteiger partial charge on any atom is 0.457 e. The van der Waals surface area contributed by atoms with Crippen molar-refractivity contribution in [3.8, 4) is 5.88 Å². The summed E-state index contributed by atoms with van der Waals surface area (Å²) in [6.07, 6.45) is 0. The predicted molar refractivity (Wildman–Crippen MR) is 55.1 cm³/mol. The summed E-state index contributed by atoms with van der Waals surface area (Å²) in [7, 11) is 0. The van der Waals surface area contributed by atoms with Crippen molar-refractivity contribution in [2.45, 2.75) is 26.9 Å². The summed E-state index contributed by atoms with van der Waals surface area (Å²) >= 11 is 4.98. The second-order valence-corrected chi connectivity index (χ2v) is 3.20. The van der Waals surface area contributed by atoms with Crippen LogP contribution in [0.4, 0.5) is 5.69 Å². The number of nitrogens with zero attached hydrogens (tertiary/aromatic N) is 4. The molecule has 6 nitrogen and oxygen atoms in total. The lowest BCUT2D eigenvalue weighted by Crippen LogP contribution is -2.26. The molecule has 7 heteroatoms. The van der Waals surface area contributed by atoms with E-state index in [1.807, 2.05) is 0 Å². The van der Waals surface area contributed by atoms with Gasteiger partial charge >= 0.3 is 11.2 Å². The molecule has 0 aliphatic rings. The lowest BCUT2D eigenvalue weighted by Gasteiger charge is -2.14. The molecule has 0 radical (unpaired) electrons. The fourth-order valence-corrected chi connectivity index (χ4v) is 1.73. The highest BCUT2D eigenvalue weighted by Gasteiger charge is 2.19. The van der Waals surface area contributed by atoms with Crippen molar-refractivity contribution < 1.29 is 5.11 Å². The third-order valence-corrected chi connectivity index (χ3v) is 2.53. The zero-order chi connectivity index (χ0) is 11.6. The second kappa shape index (κ2) is 4.23. The molecule has 15 heavy (non-hydrogen) atoms. The van der Waals surface area contributed by atoms with Gasteiger partial charge in [-0.2, -0.15) is 0 Å². The van der Waals surface area contributed by atoms with Gasteiger partial charge in [-0.15, -0.1) is 0 Å². The van der Waals surface area contributed by atoms with Crippen LogP contribution in [-0.2, 0) is 13.1 Å². The van der Waals surface area contributed by atoms with Crippen molar-refractivity contribution >= 4 is 17.9 Å². The fraction of sp³-hybridized carbons (Fsp3) is 0.500. The van der Waals surface area contributed by atoms with Gasteiger partial charge in [0.05, 0.1) is 5.88 Å². The molecule has 1 rings (SSSR count). The van der Waals surface area contributed by atoms with Crippen LogP contribution in [0.3, 0.4) is 0 Å². The first kappa shape index (κ1) is 11.4. The lowest BCUT2D eigenvalue weighted by atomic mass is 10.4. The van der Waals surface area contributed by atoms with Crippen molar-refractivity contribution in [1.29, 1.82) is 5.39 Å².